The number of hydrogen-bond donors (Lipinski definition) is 0. The van der Waals surface area contributed by atoms with Crippen LogP contribution in [0.3, 0.4) is 0 Å². The van der Waals surface area contributed by atoms with Gasteiger partial charge in [0.1, 0.15) is 0 Å². The van der Waals surface area contributed by atoms with Crippen molar-refractivity contribution in [1.29, 1.82) is 0 Å². The number of thiophene rings is 1. The Morgan fingerprint density at radius 1 is 0.333 bits per heavy atom. The molecule has 11 rings (SSSR count). The summed E-state index contributed by atoms with van der Waals surface area (Å²) in [6.07, 6.45) is 0. The van der Waals surface area contributed by atoms with E-state index in [2.05, 4.69) is 228 Å². The Balaban J connectivity index is 1.02. The van der Waals surface area contributed by atoms with Crippen LogP contribution in [0.5, 0.6) is 0 Å². The predicted octanol–water partition coefficient (Wildman–Crippen LogP) is 15.6. The number of hydrogen-bond acceptors (Lipinski definition) is 2. The maximum atomic E-state index is 2.38. The molecular formula is C54H36N2S. The Labute approximate surface area is 335 Å². The standard InChI is InChI=1S/C54H36N2S/c1-3-13-37(14-4-1)38-25-30-43(31-26-38)55(45-18-11-15-41(35-45)46-21-12-22-50-49-20-8-10-24-53(49)57-54(46)50)44-32-27-39(28-33-44)40-29-34-48-47-19-7-9-23-51(47)56(52(48)36-40)42-16-5-2-6-17-42/h1-36H. The fourth-order valence-electron chi connectivity index (χ4n) is 8.48. The Morgan fingerprint density at radius 2 is 0.895 bits per heavy atom. The lowest BCUT2D eigenvalue weighted by atomic mass is 10.0. The molecule has 0 saturated carbocycles. The summed E-state index contributed by atoms with van der Waals surface area (Å²) in [4.78, 5) is 2.38. The zero-order valence-electron chi connectivity index (χ0n) is 31.1. The van der Waals surface area contributed by atoms with Crippen LogP contribution in [0.15, 0.2) is 218 Å². The fourth-order valence-corrected chi connectivity index (χ4v) is 9.71. The molecule has 268 valence electrons. The molecule has 3 heteroatoms. The third-order valence-electron chi connectivity index (χ3n) is 11.2. The molecule has 0 N–H and O–H groups in total. The minimum Gasteiger partial charge on any atom is -0.310 e. The fraction of sp³-hybridized carbons (Fsp3) is 0. The predicted molar refractivity (Wildman–Crippen MR) is 245 cm³/mol. The van der Waals surface area contributed by atoms with Crippen LogP contribution < -0.4 is 4.90 Å². The van der Waals surface area contributed by atoms with Crippen molar-refractivity contribution in [3.05, 3.63) is 218 Å². The second kappa shape index (κ2) is 13.8. The van der Waals surface area contributed by atoms with Crippen molar-refractivity contribution >= 4 is 70.4 Å². The molecule has 57 heavy (non-hydrogen) atoms. The van der Waals surface area contributed by atoms with Gasteiger partial charge in [-0.25, -0.2) is 0 Å². The highest BCUT2D eigenvalue weighted by molar-refractivity contribution is 7.26. The molecule has 11 aromatic rings. The van der Waals surface area contributed by atoms with Crippen molar-refractivity contribution < 1.29 is 0 Å². The highest BCUT2D eigenvalue weighted by atomic mass is 32.1. The summed E-state index contributed by atoms with van der Waals surface area (Å²) in [6.45, 7) is 0. The molecule has 0 radical (unpaired) electrons. The minimum absolute atomic E-state index is 1.10. The Hall–Kier alpha value is -7.20. The third-order valence-corrected chi connectivity index (χ3v) is 12.4. The summed E-state index contributed by atoms with van der Waals surface area (Å²) in [6, 6.07) is 79.3. The first-order valence-electron chi connectivity index (χ1n) is 19.4. The smallest absolute Gasteiger partial charge is 0.0547 e. The van der Waals surface area contributed by atoms with Crippen LogP contribution in [0.25, 0.3) is 81.0 Å². The van der Waals surface area contributed by atoms with Crippen LogP contribution in [0.4, 0.5) is 17.1 Å². The van der Waals surface area contributed by atoms with Crippen LogP contribution in [0, 0.1) is 0 Å². The molecule has 0 amide bonds. The van der Waals surface area contributed by atoms with E-state index in [0.717, 1.165) is 22.7 Å². The molecule has 2 heterocycles. The number of para-hydroxylation sites is 2. The van der Waals surface area contributed by atoms with Gasteiger partial charge in [0.25, 0.3) is 0 Å². The molecule has 0 fully saturated rings. The highest BCUT2D eigenvalue weighted by Gasteiger charge is 2.17. The van der Waals surface area contributed by atoms with Gasteiger partial charge in [0.05, 0.1) is 11.0 Å². The van der Waals surface area contributed by atoms with Gasteiger partial charge in [0.2, 0.25) is 0 Å². The molecule has 0 aliphatic carbocycles. The van der Waals surface area contributed by atoms with Crippen molar-refractivity contribution in [2.45, 2.75) is 0 Å². The molecule has 9 aromatic carbocycles. The van der Waals surface area contributed by atoms with Gasteiger partial charge in [-0.15, -0.1) is 11.3 Å². The molecule has 2 nitrogen and oxygen atoms in total. The Bertz CT molecular complexity index is 3210. The summed E-state index contributed by atoms with van der Waals surface area (Å²) in [7, 11) is 0. The monoisotopic (exact) mass is 744 g/mol. The second-order valence-corrected chi connectivity index (χ2v) is 15.6. The normalized spacial score (nSPS) is 11.5. The summed E-state index contributed by atoms with van der Waals surface area (Å²) in [5, 5.41) is 5.14. The summed E-state index contributed by atoms with van der Waals surface area (Å²) < 4.78 is 5.02. The van der Waals surface area contributed by atoms with E-state index in [4.69, 9.17) is 0 Å². The maximum Gasteiger partial charge on any atom is 0.0547 e. The zero-order valence-corrected chi connectivity index (χ0v) is 31.9. The zero-order chi connectivity index (χ0) is 37.7. The van der Waals surface area contributed by atoms with Crippen molar-refractivity contribution in [2.24, 2.45) is 0 Å². The van der Waals surface area contributed by atoms with Crippen molar-refractivity contribution in [3.63, 3.8) is 0 Å². The molecule has 0 spiro atoms. The van der Waals surface area contributed by atoms with Gasteiger partial charge in [0.15, 0.2) is 0 Å². The van der Waals surface area contributed by atoms with E-state index >= 15 is 0 Å². The van der Waals surface area contributed by atoms with Crippen molar-refractivity contribution in [2.75, 3.05) is 4.90 Å². The van der Waals surface area contributed by atoms with Crippen LogP contribution in [0.1, 0.15) is 0 Å². The number of anilines is 3. The van der Waals surface area contributed by atoms with E-state index in [9.17, 15) is 0 Å². The summed E-state index contributed by atoms with van der Waals surface area (Å²) in [5.41, 5.74) is 14.1. The highest BCUT2D eigenvalue weighted by Crippen LogP contribution is 2.43. The van der Waals surface area contributed by atoms with E-state index in [-0.39, 0.29) is 0 Å². The number of benzene rings is 9. The van der Waals surface area contributed by atoms with Gasteiger partial charge in [-0.1, -0.05) is 152 Å². The molecule has 0 saturated heterocycles. The van der Waals surface area contributed by atoms with E-state index in [1.54, 1.807) is 0 Å². The molecule has 0 atom stereocenters. The molecular weight excluding hydrogens is 709 g/mol. The van der Waals surface area contributed by atoms with E-state index in [1.165, 1.54) is 75.4 Å². The summed E-state index contributed by atoms with van der Waals surface area (Å²) in [5.74, 6) is 0. The average molecular weight is 745 g/mol. The topological polar surface area (TPSA) is 8.17 Å². The first-order chi connectivity index (χ1) is 28.3. The molecule has 0 aliphatic heterocycles. The number of rotatable bonds is 7. The molecule has 2 aromatic heterocycles. The van der Waals surface area contributed by atoms with E-state index < -0.39 is 0 Å². The van der Waals surface area contributed by atoms with E-state index in [1.807, 2.05) is 11.3 Å². The second-order valence-electron chi connectivity index (χ2n) is 14.5. The van der Waals surface area contributed by atoms with Gasteiger partial charge in [-0.3, -0.25) is 0 Å². The van der Waals surface area contributed by atoms with Crippen LogP contribution in [-0.4, -0.2) is 4.57 Å². The first kappa shape index (κ1) is 33.2. The van der Waals surface area contributed by atoms with Gasteiger partial charge in [0, 0.05) is 53.7 Å². The Morgan fingerprint density at radius 3 is 1.67 bits per heavy atom. The van der Waals surface area contributed by atoms with Crippen molar-refractivity contribution in [1.82, 2.24) is 4.57 Å². The van der Waals surface area contributed by atoms with Gasteiger partial charge in [-0.05, 0) is 100 Å². The van der Waals surface area contributed by atoms with E-state index in [0.29, 0.717) is 0 Å². The lowest BCUT2D eigenvalue weighted by molar-refractivity contribution is 1.18. The van der Waals surface area contributed by atoms with Gasteiger partial charge in [-0.2, -0.15) is 0 Å². The first-order valence-corrected chi connectivity index (χ1v) is 20.2. The van der Waals surface area contributed by atoms with Crippen LogP contribution in [-0.2, 0) is 0 Å². The van der Waals surface area contributed by atoms with Crippen LogP contribution in [0.2, 0.25) is 0 Å². The molecule has 0 bridgehead atoms. The van der Waals surface area contributed by atoms with Gasteiger partial charge < -0.3 is 9.47 Å². The number of fused-ring (bicyclic) bond motifs is 6. The Kier molecular flexibility index (Phi) is 8.04. The quantitative estimate of drug-likeness (QED) is 0.158. The lowest BCUT2D eigenvalue weighted by Crippen LogP contribution is -2.10. The molecule has 0 unspecified atom stereocenters. The number of aromatic nitrogens is 1. The third kappa shape index (κ3) is 5.80. The maximum absolute atomic E-state index is 2.38. The lowest BCUT2D eigenvalue weighted by Gasteiger charge is -2.26. The summed E-state index contributed by atoms with van der Waals surface area (Å²) >= 11 is 1.88. The SMILES string of the molecule is c1ccc(-c2ccc(N(c3ccc(-c4ccc5c6ccccc6n(-c6ccccc6)c5c4)cc3)c3cccc(-c4cccc5c4sc4ccccc45)c3)cc2)cc1. The molecule has 0 aliphatic rings. The largest absolute Gasteiger partial charge is 0.310 e. The number of nitrogens with zero attached hydrogens (tertiary/aromatic N) is 2. The van der Waals surface area contributed by atoms with Crippen molar-refractivity contribution in [3.8, 4) is 39.1 Å². The van der Waals surface area contributed by atoms with Gasteiger partial charge >= 0.3 is 0 Å². The minimum atomic E-state index is 1.10. The van der Waals surface area contributed by atoms with Crippen LogP contribution >= 0.6 is 11.3 Å². The average Bonchev–Trinajstić information content (AvgIpc) is 3.83.